The zero-order chi connectivity index (χ0) is 46.0. The molecule has 2 bridgehead atoms. The van der Waals surface area contributed by atoms with Crippen molar-refractivity contribution in [2.45, 2.75) is 34.5 Å². The Morgan fingerprint density at radius 1 is 0.380 bits per heavy atom. The summed E-state index contributed by atoms with van der Waals surface area (Å²) in [5.41, 5.74) is 30.1. The molecule has 0 amide bonds. The zero-order valence-corrected chi connectivity index (χ0v) is 38.0. The largest absolute Gasteiger partial charge is 0.308 e. The van der Waals surface area contributed by atoms with Gasteiger partial charge in [0, 0.05) is 50.6 Å². The van der Waals surface area contributed by atoms with Gasteiger partial charge in [0.15, 0.2) is 0 Å². The van der Waals surface area contributed by atoms with E-state index in [0.29, 0.717) is 0 Å². The molecule has 2 spiro atoms. The van der Waals surface area contributed by atoms with Crippen molar-refractivity contribution < 1.29 is 0 Å². The Labute approximate surface area is 408 Å². The average Bonchev–Trinajstić information content (AvgIpc) is 4.22. The van der Waals surface area contributed by atoms with Crippen LogP contribution in [0.15, 0.2) is 188 Å². The van der Waals surface area contributed by atoms with E-state index in [-0.39, 0.29) is 29.1 Å². The number of rotatable bonds is 0. The van der Waals surface area contributed by atoms with Crippen molar-refractivity contribution in [1.82, 2.24) is 4.40 Å². The third-order valence-corrected chi connectivity index (χ3v) is 19.2. The predicted octanol–water partition coefficient (Wildman–Crippen LogP) is 14.8. The molecule has 8 aliphatic carbocycles. The molecule has 2 heterocycles. The zero-order valence-electron chi connectivity index (χ0n) is 38.0. The lowest BCUT2D eigenvalue weighted by Crippen LogP contribution is -2.52. The lowest BCUT2D eigenvalue weighted by atomic mass is 9.43. The first kappa shape index (κ1) is 36.0. The maximum absolute atomic E-state index is 11.6. The summed E-state index contributed by atoms with van der Waals surface area (Å²) in [4.78, 5) is 0. The normalized spacial score (nSPS) is 21.4. The molecule has 322 valence electrons. The highest BCUT2D eigenvalue weighted by Crippen LogP contribution is 2.79. The first-order valence-electron chi connectivity index (χ1n) is 25.1. The van der Waals surface area contributed by atoms with Gasteiger partial charge in [0.2, 0.25) is 0 Å². The van der Waals surface area contributed by atoms with Crippen molar-refractivity contribution in [2.24, 2.45) is 0 Å². The van der Waals surface area contributed by atoms with E-state index in [2.05, 4.69) is 205 Å². The molecule has 0 N–H and O–H groups in total. The summed E-state index contributed by atoms with van der Waals surface area (Å²) in [5.74, 6) is 0.0513. The molecular weight excluding hydrogens is 859 g/mol. The molecule has 3 atom stereocenters. The minimum atomic E-state index is -0.582. The Hall–Kier alpha value is -9.02. The molecule has 3 nitrogen and oxygen atoms in total. The molecule has 0 saturated heterocycles. The number of hydrogen-bond donors (Lipinski definition) is 0. The van der Waals surface area contributed by atoms with Gasteiger partial charge in [0.1, 0.15) is 0 Å². The minimum absolute atomic E-state index is 0.0536. The molecule has 0 saturated carbocycles. The van der Waals surface area contributed by atoms with E-state index in [0.717, 1.165) is 27.7 Å². The molecule has 12 aromatic rings. The molecular formula is C68H35N3. The van der Waals surface area contributed by atoms with Crippen LogP contribution in [0.5, 0.6) is 0 Å². The Kier molecular flexibility index (Phi) is 5.85. The quantitative estimate of drug-likeness (QED) is 0.152. The number of benzene rings is 10. The highest BCUT2D eigenvalue weighted by Gasteiger charge is 2.70. The molecule has 0 aliphatic heterocycles. The van der Waals surface area contributed by atoms with E-state index < -0.39 is 5.41 Å². The Morgan fingerprint density at radius 3 is 1.38 bits per heavy atom. The maximum atomic E-state index is 11.6. The minimum Gasteiger partial charge on any atom is -0.308 e. The number of aromatic nitrogens is 1. The molecule has 3 heteroatoms. The van der Waals surface area contributed by atoms with Crippen LogP contribution in [0, 0.1) is 22.7 Å². The van der Waals surface area contributed by atoms with Crippen LogP contribution >= 0.6 is 0 Å². The maximum Gasteiger partial charge on any atom is 0.0995 e. The Morgan fingerprint density at radius 2 is 0.817 bits per heavy atom. The van der Waals surface area contributed by atoms with Gasteiger partial charge in [-0.15, -0.1) is 0 Å². The molecule has 2 aromatic heterocycles. The molecule has 0 fully saturated rings. The van der Waals surface area contributed by atoms with Crippen LogP contribution < -0.4 is 0 Å². The van der Waals surface area contributed by atoms with E-state index in [4.69, 9.17) is 0 Å². The van der Waals surface area contributed by atoms with E-state index >= 15 is 0 Å². The summed E-state index contributed by atoms with van der Waals surface area (Å²) in [5, 5.41) is 28.1. The second-order valence-electron chi connectivity index (χ2n) is 21.3. The van der Waals surface area contributed by atoms with Gasteiger partial charge < -0.3 is 4.40 Å². The van der Waals surface area contributed by atoms with E-state index in [9.17, 15) is 10.5 Å². The van der Waals surface area contributed by atoms with E-state index in [1.165, 1.54) is 133 Å². The van der Waals surface area contributed by atoms with Gasteiger partial charge in [-0.2, -0.15) is 10.5 Å². The van der Waals surface area contributed by atoms with Gasteiger partial charge in [-0.05, 0) is 129 Å². The van der Waals surface area contributed by atoms with Crippen molar-refractivity contribution in [3.63, 3.8) is 0 Å². The summed E-state index contributed by atoms with van der Waals surface area (Å²) in [6.45, 7) is 0. The highest BCUT2D eigenvalue weighted by atomic mass is 14.9. The van der Waals surface area contributed by atoms with Crippen LogP contribution in [-0.2, 0) is 10.8 Å². The standard InChI is InChI=1S/C68H35N3/c69-32-34-29-52-59(61-54(34)56-38-17-1-3-19-40(38)57(61)41-20-4-2-18-39(41)56)45-31-51-58(42-21-7-12-26-48(42)67(51)46-24-10-5-15-36(46)37-16-6-11-25-47(37)67)63-60-53(71(52)66(45)63)30-35(33-70)55-62(60)65-44-23-9-14-28-50(44)68(65)49-27-13-8-22-43(49)64(55)68/h1-31,56-57,64-65H. The topological polar surface area (TPSA) is 52.0 Å². The molecule has 3 unspecified atom stereocenters. The second-order valence-corrected chi connectivity index (χ2v) is 21.3. The summed E-state index contributed by atoms with van der Waals surface area (Å²) >= 11 is 0. The Bertz CT molecular complexity index is 4630. The molecule has 8 aliphatic rings. The fourth-order valence-electron chi connectivity index (χ4n) is 17.3. The SMILES string of the molecule is N#Cc1cc2c(c3c1C1c4ccccc4C3c3ccccc31)c1cc3c(c4c5c6c(c(C#N)cc5n2c14)C1c2ccccc2C12c1ccccc1C62)-c1ccccc1C31c2ccccc2-c2ccccc21. The number of nitrogens with zero attached hydrogens (tertiary/aromatic N) is 3. The van der Waals surface area contributed by atoms with Gasteiger partial charge >= 0.3 is 0 Å². The van der Waals surface area contributed by atoms with E-state index in [1.807, 2.05) is 0 Å². The summed E-state index contributed by atoms with van der Waals surface area (Å²) in [6.07, 6.45) is 0. The van der Waals surface area contributed by atoms with Gasteiger partial charge in [-0.25, -0.2) is 0 Å². The number of nitriles is 2. The molecule has 71 heavy (non-hydrogen) atoms. The monoisotopic (exact) mass is 893 g/mol. The number of fused-ring (bicyclic) bond motifs is 25. The van der Waals surface area contributed by atoms with Crippen LogP contribution in [0.4, 0.5) is 0 Å². The summed E-state index contributed by atoms with van der Waals surface area (Å²) in [7, 11) is 0. The van der Waals surface area contributed by atoms with Gasteiger partial charge in [-0.1, -0.05) is 170 Å². The van der Waals surface area contributed by atoms with Crippen molar-refractivity contribution in [3.05, 3.63) is 288 Å². The van der Waals surface area contributed by atoms with Crippen LogP contribution in [0.25, 0.3) is 60.3 Å². The highest BCUT2D eigenvalue weighted by molar-refractivity contribution is 6.31. The van der Waals surface area contributed by atoms with Crippen molar-refractivity contribution >= 4 is 38.1 Å². The van der Waals surface area contributed by atoms with Crippen LogP contribution in [0.2, 0.25) is 0 Å². The smallest absolute Gasteiger partial charge is 0.0995 e. The van der Waals surface area contributed by atoms with Crippen molar-refractivity contribution in [3.8, 4) is 34.4 Å². The van der Waals surface area contributed by atoms with Crippen LogP contribution in [0.1, 0.15) is 124 Å². The van der Waals surface area contributed by atoms with E-state index in [1.54, 1.807) is 0 Å². The summed E-state index contributed by atoms with van der Waals surface area (Å²) < 4.78 is 2.52. The fourth-order valence-corrected chi connectivity index (χ4v) is 17.3. The third kappa shape index (κ3) is 3.45. The van der Waals surface area contributed by atoms with Crippen molar-refractivity contribution in [2.75, 3.05) is 0 Å². The predicted molar refractivity (Wildman–Crippen MR) is 279 cm³/mol. The average molecular weight is 894 g/mol. The first-order chi connectivity index (χ1) is 35.2. The summed E-state index contributed by atoms with van der Waals surface area (Å²) in [6, 6.07) is 76.4. The lowest BCUT2D eigenvalue weighted by Gasteiger charge is -2.58. The van der Waals surface area contributed by atoms with Crippen LogP contribution in [0.3, 0.4) is 0 Å². The molecule has 20 rings (SSSR count). The van der Waals surface area contributed by atoms with Crippen LogP contribution in [-0.4, -0.2) is 4.40 Å². The van der Waals surface area contributed by atoms with Crippen molar-refractivity contribution in [1.29, 1.82) is 10.5 Å². The second kappa shape index (κ2) is 11.5. The number of hydrogen-bond acceptors (Lipinski definition) is 2. The molecule has 10 aromatic carbocycles. The Balaban J connectivity index is 1.08. The third-order valence-electron chi connectivity index (χ3n) is 19.2. The first-order valence-corrected chi connectivity index (χ1v) is 25.1. The van der Waals surface area contributed by atoms with Gasteiger partial charge in [0.25, 0.3) is 0 Å². The molecule has 0 radical (unpaired) electrons. The lowest BCUT2D eigenvalue weighted by molar-refractivity contribution is 0.333. The van der Waals surface area contributed by atoms with Gasteiger partial charge in [0.05, 0.1) is 45.2 Å². The van der Waals surface area contributed by atoms with Gasteiger partial charge in [-0.3, -0.25) is 0 Å². The fraction of sp³-hybridized carbons (Fsp3) is 0.0882.